The van der Waals surface area contributed by atoms with Crippen LogP contribution >= 0.6 is 0 Å². The van der Waals surface area contributed by atoms with E-state index < -0.39 is 6.10 Å². The molecular formula is C20H20N4O3. The van der Waals surface area contributed by atoms with E-state index in [1.54, 1.807) is 25.6 Å². The van der Waals surface area contributed by atoms with Crippen molar-refractivity contribution < 1.29 is 14.3 Å². The van der Waals surface area contributed by atoms with Gasteiger partial charge < -0.3 is 10.1 Å². The standard InChI is InChI=1S/C20H20N4O3/c1-21-20(26)17-10-15(18(25)8-13-11-22-23-12-13)9-16(24-17)19(27-2)14-6-4-3-5-7-14/h3-7,9-12,19H,8H2,1-2H3,(H,21,26)(H,22,23). The Labute approximate surface area is 156 Å². The number of ketones is 1. The number of Topliss-reactive ketones (excluding diaryl/α,β-unsaturated/α-hetero) is 1. The van der Waals surface area contributed by atoms with Crippen molar-refractivity contribution in [2.45, 2.75) is 12.5 Å². The number of nitrogens with zero attached hydrogens (tertiary/aromatic N) is 2. The average molecular weight is 364 g/mol. The number of hydrogen-bond acceptors (Lipinski definition) is 5. The van der Waals surface area contributed by atoms with E-state index in [2.05, 4.69) is 20.5 Å². The van der Waals surface area contributed by atoms with E-state index in [4.69, 9.17) is 4.74 Å². The predicted octanol–water partition coefficient (Wildman–Crippen LogP) is 2.33. The maximum absolute atomic E-state index is 12.7. The molecule has 0 aliphatic rings. The SMILES string of the molecule is CNC(=O)c1cc(C(=O)Cc2cn[nH]c2)cc(C(OC)c2ccccc2)n1. The summed E-state index contributed by atoms with van der Waals surface area (Å²) in [6.45, 7) is 0. The molecule has 0 aliphatic heterocycles. The van der Waals surface area contributed by atoms with Crippen molar-refractivity contribution in [1.29, 1.82) is 0 Å². The second-order valence-corrected chi connectivity index (χ2v) is 5.98. The minimum absolute atomic E-state index is 0.131. The van der Waals surface area contributed by atoms with E-state index in [1.807, 2.05) is 30.3 Å². The van der Waals surface area contributed by atoms with Crippen molar-refractivity contribution in [3.63, 3.8) is 0 Å². The number of aromatic nitrogens is 3. The molecule has 2 N–H and O–H groups in total. The molecule has 2 aromatic heterocycles. The van der Waals surface area contributed by atoms with Crippen LogP contribution in [0.4, 0.5) is 0 Å². The summed E-state index contributed by atoms with van der Waals surface area (Å²) in [4.78, 5) is 29.3. The maximum atomic E-state index is 12.7. The fourth-order valence-electron chi connectivity index (χ4n) is 2.81. The Balaban J connectivity index is 2.02. The van der Waals surface area contributed by atoms with Crippen LogP contribution in [0.25, 0.3) is 0 Å². The highest BCUT2D eigenvalue weighted by Gasteiger charge is 2.20. The van der Waals surface area contributed by atoms with Gasteiger partial charge in [0.2, 0.25) is 0 Å². The van der Waals surface area contributed by atoms with Crippen LogP contribution in [0.3, 0.4) is 0 Å². The number of nitrogens with one attached hydrogen (secondary N) is 2. The number of pyridine rings is 1. The minimum Gasteiger partial charge on any atom is -0.370 e. The van der Waals surface area contributed by atoms with E-state index in [0.29, 0.717) is 11.3 Å². The van der Waals surface area contributed by atoms with E-state index in [1.165, 1.54) is 13.1 Å². The number of carbonyl (C=O) groups excluding carboxylic acids is 2. The Morgan fingerprint density at radius 3 is 2.63 bits per heavy atom. The van der Waals surface area contributed by atoms with Crippen LogP contribution in [-0.4, -0.2) is 41.0 Å². The zero-order valence-electron chi connectivity index (χ0n) is 15.1. The summed E-state index contributed by atoms with van der Waals surface area (Å²) in [5.41, 5.74) is 2.72. The molecule has 27 heavy (non-hydrogen) atoms. The predicted molar refractivity (Wildman–Crippen MR) is 99.5 cm³/mol. The number of amides is 1. The lowest BCUT2D eigenvalue weighted by molar-refractivity contribution is 0.0955. The number of carbonyl (C=O) groups is 2. The first-order valence-electron chi connectivity index (χ1n) is 8.45. The van der Waals surface area contributed by atoms with Gasteiger partial charge >= 0.3 is 0 Å². The topological polar surface area (TPSA) is 97.0 Å². The first-order valence-corrected chi connectivity index (χ1v) is 8.45. The van der Waals surface area contributed by atoms with Crippen molar-refractivity contribution >= 4 is 11.7 Å². The Bertz CT molecular complexity index is 924. The minimum atomic E-state index is -0.490. The Kier molecular flexibility index (Phi) is 5.73. The number of hydrogen-bond donors (Lipinski definition) is 2. The molecule has 0 saturated heterocycles. The third kappa shape index (κ3) is 4.27. The molecule has 0 bridgehead atoms. The average Bonchev–Trinajstić information content (AvgIpc) is 3.21. The van der Waals surface area contributed by atoms with Gasteiger partial charge in [0.15, 0.2) is 5.78 Å². The Morgan fingerprint density at radius 2 is 2.00 bits per heavy atom. The highest BCUT2D eigenvalue weighted by Crippen LogP contribution is 2.25. The third-order valence-electron chi connectivity index (χ3n) is 4.15. The third-order valence-corrected chi connectivity index (χ3v) is 4.15. The smallest absolute Gasteiger partial charge is 0.269 e. The summed E-state index contributed by atoms with van der Waals surface area (Å²) >= 11 is 0. The quantitative estimate of drug-likeness (QED) is 0.627. The molecule has 1 amide bonds. The molecule has 7 heteroatoms. The summed E-state index contributed by atoms with van der Waals surface area (Å²) in [5, 5.41) is 9.09. The van der Waals surface area contributed by atoms with E-state index >= 15 is 0 Å². The van der Waals surface area contributed by atoms with Crippen LogP contribution in [0, 0.1) is 0 Å². The molecule has 3 aromatic rings. The summed E-state index contributed by atoms with van der Waals surface area (Å²) in [6.07, 6.45) is 2.95. The van der Waals surface area contributed by atoms with E-state index in [0.717, 1.165) is 11.1 Å². The van der Waals surface area contributed by atoms with E-state index in [-0.39, 0.29) is 23.8 Å². The summed E-state index contributed by atoms with van der Waals surface area (Å²) in [6, 6.07) is 12.7. The van der Waals surface area contributed by atoms with Crippen molar-refractivity contribution in [2.75, 3.05) is 14.2 Å². The van der Waals surface area contributed by atoms with Gasteiger partial charge in [-0.1, -0.05) is 30.3 Å². The molecule has 138 valence electrons. The first kappa shape index (κ1) is 18.5. The van der Waals surface area contributed by atoms with Gasteiger partial charge in [0.1, 0.15) is 11.8 Å². The number of ether oxygens (including phenoxy) is 1. The van der Waals surface area contributed by atoms with Gasteiger partial charge in [0, 0.05) is 32.3 Å². The molecule has 1 aromatic carbocycles. The molecule has 0 aliphatic carbocycles. The molecule has 3 rings (SSSR count). The van der Waals surface area contributed by atoms with Crippen LogP contribution in [0.5, 0.6) is 0 Å². The van der Waals surface area contributed by atoms with Crippen molar-refractivity contribution in [2.24, 2.45) is 0 Å². The molecule has 0 spiro atoms. The van der Waals surface area contributed by atoms with Crippen molar-refractivity contribution in [3.05, 3.63) is 82.9 Å². The number of methoxy groups -OCH3 is 1. The van der Waals surface area contributed by atoms with Crippen molar-refractivity contribution in [3.8, 4) is 0 Å². The van der Waals surface area contributed by atoms with Crippen LogP contribution in [0.15, 0.2) is 54.9 Å². The molecule has 1 unspecified atom stereocenters. The van der Waals surface area contributed by atoms with Gasteiger partial charge in [-0.05, 0) is 23.3 Å². The number of H-pyrrole nitrogens is 1. The summed E-state index contributed by atoms with van der Waals surface area (Å²) in [5.74, 6) is -0.495. The molecule has 2 heterocycles. The van der Waals surface area contributed by atoms with Gasteiger partial charge in [-0.2, -0.15) is 5.10 Å². The normalized spacial score (nSPS) is 11.8. The maximum Gasteiger partial charge on any atom is 0.269 e. The lowest BCUT2D eigenvalue weighted by Crippen LogP contribution is -2.21. The molecule has 7 nitrogen and oxygen atoms in total. The highest BCUT2D eigenvalue weighted by atomic mass is 16.5. The van der Waals surface area contributed by atoms with Gasteiger partial charge in [0.25, 0.3) is 5.91 Å². The second-order valence-electron chi connectivity index (χ2n) is 5.98. The van der Waals surface area contributed by atoms with Gasteiger partial charge in [-0.25, -0.2) is 4.98 Å². The molecular weight excluding hydrogens is 344 g/mol. The zero-order chi connectivity index (χ0) is 19.2. The summed E-state index contributed by atoms with van der Waals surface area (Å²) in [7, 11) is 3.09. The summed E-state index contributed by atoms with van der Waals surface area (Å²) < 4.78 is 5.61. The Morgan fingerprint density at radius 1 is 1.22 bits per heavy atom. The van der Waals surface area contributed by atoms with Crippen LogP contribution in [0.2, 0.25) is 0 Å². The van der Waals surface area contributed by atoms with Crippen LogP contribution in [0.1, 0.15) is 43.8 Å². The number of benzene rings is 1. The van der Waals surface area contributed by atoms with Gasteiger partial charge in [0.05, 0.1) is 11.9 Å². The molecule has 0 radical (unpaired) electrons. The fraction of sp³-hybridized carbons (Fsp3) is 0.200. The van der Waals surface area contributed by atoms with Gasteiger partial charge in [-0.15, -0.1) is 0 Å². The number of aromatic amines is 1. The Hall–Kier alpha value is -3.32. The number of rotatable bonds is 7. The lowest BCUT2D eigenvalue weighted by Gasteiger charge is -2.17. The second kappa shape index (κ2) is 8.37. The van der Waals surface area contributed by atoms with Crippen LogP contribution in [-0.2, 0) is 11.2 Å². The highest BCUT2D eigenvalue weighted by molar-refractivity contribution is 6.00. The van der Waals surface area contributed by atoms with Crippen molar-refractivity contribution in [1.82, 2.24) is 20.5 Å². The first-order chi connectivity index (χ1) is 13.1. The van der Waals surface area contributed by atoms with Gasteiger partial charge in [-0.3, -0.25) is 14.7 Å². The monoisotopic (exact) mass is 364 g/mol. The zero-order valence-corrected chi connectivity index (χ0v) is 15.1. The fourth-order valence-corrected chi connectivity index (χ4v) is 2.81. The lowest BCUT2D eigenvalue weighted by atomic mass is 10.00. The largest absolute Gasteiger partial charge is 0.370 e. The molecule has 0 fully saturated rings. The van der Waals surface area contributed by atoms with Crippen LogP contribution < -0.4 is 5.32 Å². The molecule has 0 saturated carbocycles. The molecule has 1 atom stereocenters. The van der Waals surface area contributed by atoms with E-state index in [9.17, 15) is 9.59 Å².